The molecule has 0 heterocycles. The molecular weight excluding hydrogens is 856 g/mol. The molecular formula is C62H97O3PS. The van der Waals surface area contributed by atoms with Crippen LogP contribution in [-0.2, 0) is 33.4 Å². The maximum atomic E-state index is 15.9. The standard InChI is InChI=1S/C62H97O3PS/c1-5-9-12-15-18-21-24-27-30-36-45-56-54-55-62(61(53-44-32-29-26-23-20-17-14-11-7-3)60(56)52-43-31-28-25-22-19-16-13-10-6-2)67(63,64)65-66(8-4,57-46-37-33-38-47-57,58-48-39-34-40-49-58)59-50-41-35-42-51-59/h33-35,37-42,46-51,54-55H,5-32,36,43-45,52-53H2,1-4H3. The smallest absolute Gasteiger partial charge is 0.0654 e. The van der Waals surface area contributed by atoms with Gasteiger partial charge >= 0.3 is 318 Å². The van der Waals surface area contributed by atoms with E-state index in [-0.39, 0.29) is 0 Å². The summed E-state index contributed by atoms with van der Waals surface area (Å²) in [5.74, 6) is 0. The second kappa shape index (κ2) is 32.9. The molecule has 4 rings (SSSR count). The van der Waals surface area contributed by atoms with Gasteiger partial charge in [0.15, 0.2) is 0 Å². The summed E-state index contributed by atoms with van der Waals surface area (Å²) in [4.78, 5) is 0.405. The Morgan fingerprint density at radius 2 is 0.642 bits per heavy atom. The molecule has 0 amide bonds. The van der Waals surface area contributed by atoms with E-state index in [9.17, 15) is 0 Å². The molecule has 0 aromatic heterocycles. The number of unbranched alkanes of at least 4 members (excludes halogenated alkanes) is 27. The van der Waals surface area contributed by atoms with Gasteiger partial charge in [0.1, 0.15) is 0 Å². The zero-order valence-corrected chi connectivity index (χ0v) is 45.1. The first-order valence-electron chi connectivity index (χ1n) is 28.2. The molecule has 0 aliphatic heterocycles. The van der Waals surface area contributed by atoms with Gasteiger partial charge in [0, 0.05) is 0 Å². The fraction of sp³-hybridized carbons (Fsp3) is 0.613. The second-order valence-electron chi connectivity index (χ2n) is 20.0. The summed E-state index contributed by atoms with van der Waals surface area (Å²) < 4.78 is 39.2. The first-order chi connectivity index (χ1) is 32.9. The third kappa shape index (κ3) is 17.8. The molecule has 0 radical (unpaired) electrons. The number of hydrogen-bond donors (Lipinski definition) is 0. The molecule has 3 nitrogen and oxygen atoms in total. The van der Waals surface area contributed by atoms with E-state index < -0.39 is 16.9 Å². The maximum absolute atomic E-state index is 15.9. The van der Waals surface area contributed by atoms with Gasteiger partial charge in [-0.1, -0.05) is 97.8 Å². The van der Waals surface area contributed by atoms with Gasteiger partial charge in [-0.3, -0.25) is 0 Å². The second-order valence-corrected chi connectivity index (χ2v) is 26.6. The van der Waals surface area contributed by atoms with Crippen molar-refractivity contribution in [3.63, 3.8) is 0 Å². The van der Waals surface area contributed by atoms with Crippen molar-refractivity contribution in [2.45, 2.75) is 244 Å². The van der Waals surface area contributed by atoms with Crippen molar-refractivity contribution in [2.75, 3.05) is 6.16 Å². The molecule has 0 spiro atoms. The summed E-state index contributed by atoms with van der Waals surface area (Å²) in [5, 5.41) is 2.82. The third-order valence-electron chi connectivity index (χ3n) is 14.9. The van der Waals surface area contributed by atoms with Crippen LogP contribution in [0.5, 0.6) is 0 Å². The van der Waals surface area contributed by atoms with Crippen LogP contribution in [0, 0.1) is 0 Å². The molecule has 374 valence electrons. The Morgan fingerprint density at radius 1 is 0.343 bits per heavy atom. The summed E-state index contributed by atoms with van der Waals surface area (Å²) in [6.45, 7) is 4.90. The van der Waals surface area contributed by atoms with E-state index >= 15 is 8.42 Å². The van der Waals surface area contributed by atoms with E-state index in [1.165, 1.54) is 178 Å². The Kier molecular flexibility index (Phi) is 27.9. The van der Waals surface area contributed by atoms with Gasteiger partial charge in [-0.15, -0.1) is 0 Å². The van der Waals surface area contributed by atoms with E-state index in [0.29, 0.717) is 11.1 Å². The Labute approximate surface area is 413 Å². The molecule has 0 aliphatic carbocycles. The van der Waals surface area contributed by atoms with Crippen LogP contribution >= 0.6 is 6.83 Å². The SMILES string of the molecule is CCCCCCCCCCCCc1ccc(S(=O)(=O)OP(CC)(c2ccccc2)(c2ccccc2)c2ccccc2)c(CCCCCCCCCCCC)c1CCCCCCCCCCCC. The van der Waals surface area contributed by atoms with E-state index in [1.54, 1.807) is 0 Å². The zero-order valence-electron chi connectivity index (χ0n) is 43.4. The monoisotopic (exact) mass is 953 g/mol. The quantitative estimate of drug-likeness (QED) is 0.0330. The minimum Gasteiger partial charge on any atom is -0.0654 e. The van der Waals surface area contributed by atoms with Crippen molar-refractivity contribution in [1.82, 2.24) is 0 Å². The first kappa shape index (κ1) is 56.8. The zero-order chi connectivity index (χ0) is 47.8. The predicted octanol–water partition coefficient (Wildman–Crippen LogP) is 18.2. The van der Waals surface area contributed by atoms with Crippen LogP contribution in [0.3, 0.4) is 0 Å². The van der Waals surface area contributed by atoms with Gasteiger partial charge < -0.3 is 0 Å². The molecule has 4 aromatic rings. The Bertz CT molecular complexity index is 1860. The van der Waals surface area contributed by atoms with Crippen LogP contribution in [0.15, 0.2) is 108 Å². The predicted molar refractivity (Wildman–Crippen MR) is 297 cm³/mol. The molecule has 0 fully saturated rings. The summed E-state index contributed by atoms with van der Waals surface area (Å²) in [6, 6.07) is 35.1. The number of rotatable bonds is 40. The van der Waals surface area contributed by atoms with Crippen LogP contribution in [-0.4, -0.2) is 14.6 Å². The third-order valence-corrected chi connectivity index (χ3v) is 23.3. The Hall–Kier alpha value is -2.78. The van der Waals surface area contributed by atoms with Gasteiger partial charge in [0.2, 0.25) is 0 Å². The van der Waals surface area contributed by atoms with Crippen LogP contribution in [0.1, 0.15) is 237 Å². The summed E-state index contributed by atoms with van der Waals surface area (Å²) in [7, 11) is -4.30. The van der Waals surface area contributed by atoms with Crippen molar-refractivity contribution in [3.8, 4) is 0 Å². The normalized spacial score (nSPS) is 12.6. The average molecular weight is 953 g/mol. The molecule has 4 aromatic carbocycles. The number of aryl methyl sites for hydroxylation is 1. The van der Waals surface area contributed by atoms with Gasteiger partial charge in [-0.2, -0.15) is 0 Å². The van der Waals surface area contributed by atoms with Crippen molar-refractivity contribution in [1.29, 1.82) is 0 Å². The number of benzene rings is 4. The van der Waals surface area contributed by atoms with Gasteiger partial charge in [0.25, 0.3) is 0 Å². The summed E-state index contributed by atoms with van der Waals surface area (Å²) in [6.07, 6.45) is 41.9. The summed E-state index contributed by atoms with van der Waals surface area (Å²) in [5.41, 5.74) is 3.73. The van der Waals surface area contributed by atoms with Crippen molar-refractivity contribution in [3.05, 3.63) is 120 Å². The Balaban J connectivity index is 1.72. The van der Waals surface area contributed by atoms with E-state index in [1.807, 2.05) is 60.7 Å². The Morgan fingerprint density at radius 3 is 0.970 bits per heavy atom. The topological polar surface area (TPSA) is 43.4 Å². The molecule has 67 heavy (non-hydrogen) atoms. The van der Waals surface area contributed by atoms with Crippen molar-refractivity contribution in [2.24, 2.45) is 0 Å². The molecule has 0 N–H and O–H groups in total. The first-order valence-corrected chi connectivity index (χ1v) is 31.9. The molecule has 0 saturated heterocycles. The minimum absolute atomic E-state index is 0.405. The van der Waals surface area contributed by atoms with Crippen LogP contribution < -0.4 is 15.9 Å². The van der Waals surface area contributed by atoms with Crippen molar-refractivity contribution < 1.29 is 12.4 Å². The minimum atomic E-state index is -4.30. The molecule has 0 saturated carbocycles. The summed E-state index contributed by atoms with van der Waals surface area (Å²) >= 11 is 0. The molecule has 5 heteroatoms. The molecule has 0 atom stereocenters. The molecule has 0 bridgehead atoms. The average Bonchev–Trinajstić information content (AvgIpc) is 3.36. The fourth-order valence-electron chi connectivity index (χ4n) is 10.8. The van der Waals surface area contributed by atoms with E-state index in [0.717, 1.165) is 66.4 Å². The van der Waals surface area contributed by atoms with Crippen molar-refractivity contribution >= 4 is 32.9 Å². The van der Waals surface area contributed by atoms with E-state index in [4.69, 9.17) is 3.97 Å². The van der Waals surface area contributed by atoms with Crippen LogP contribution in [0.2, 0.25) is 0 Å². The van der Waals surface area contributed by atoms with Gasteiger partial charge in [-0.25, -0.2) is 0 Å². The number of hydrogen-bond acceptors (Lipinski definition) is 3. The van der Waals surface area contributed by atoms with Crippen LogP contribution in [0.25, 0.3) is 0 Å². The fourth-order valence-corrected chi connectivity index (χ4v) is 19.5. The molecule has 0 aliphatic rings. The van der Waals surface area contributed by atoms with E-state index in [2.05, 4.69) is 70.2 Å². The van der Waals surface area contributed by atoms with Gasteiger partial charge in [0.05, 0.1) is 0 Å². The molecule has 0 unspecified atom stereocenters. The van der Waals surface area contributed by atoms with Crippen LogP contribution in [0.4, 0.5) is 0 Å². The van der Waals surface area contributed by atoms with Gasteiger partial charge in [-0.05, 0) is 0 Å².